The average molecular weight is 338 g/mol. The van der Waals surface area contributed by atoms with Crippen LogP contribution in [-0.4, -0.2) is 27.3 Å². The largest absolute Gasteiger partial charge is 0.494 e. The van der Waals surface area contributed by atoms with Crippen molar-refractivity contribution in [2.45, 2.75) is 13.5 Å². The zero-order valence-corrected chi connectivity index (χ0v) is 13.8. The third kappa shape index (κ3) is 4.81. The maximum atomic E-state index is 11.9. The summed E-state index contributed by atoms with van der Waals surface area (Å²) in [5.74, 6) is 2.02. The number of carbonyl (C=O) groups excluding carboxylic acids is 1. The van der Waals surface area contributed by atoms with Crippen molar-refractivity contribution in [3.63, 3.8) is 0 Å². The van der Waals surface area contributed by atoms with Gasteiger partial charge in [-0.25, -0.2) is 9.67 Å². The molecule has 1 heterocycles. The van der Waals surface area contributed by atoms with Gasteiger partial charge in [0.25, 0.3) is 0 Å². The van der Waals surface area contributed by atoms with Gasteiger partial charge < -0.3 is 14.8 Å². The van der Waals surface area contributed by atoms with Crippen molar-refractivity contribution in [3.8, 4) is 17.2 Å². The summed E-state index contributed by atoms with van der Waals surface area (Å²) < 4.78 is 12.6. The number of hydrogen-bond donors (Lipinski definition) is 1. The molecule has 0 radical (unpaired) electrons. The monoisotopic (exact) mass is 338 g/mol. The summed E-state index contributed by atoms with van der Waals surface area (Å²) in [4.78, 5) is 15.7. The van der Waals surface area contributed by atoms with Crippen molar-refractivity contribution >= 4 is 11.6 Å². The van der Waals surface area contributed by atoms with E-state index in [1.807, 2.05) is 31.2 Å². The minimum Gasteiger partial charge on any atom is -0.494 e. The summed E-state index contributed by atoms with van der Waals surface area (Å²) in [6.07, 6.45) is 2.88. The van der Waals surface area contributed by atoms with Crippen molar-refractivity contribution in [2.75, 3.05) is 11.9 Å². The van der Waals surface area contributed by atoms with Crippen molar-refractivity contribution in [3.05, 3.63) is 61.2 Å². The summed E-state index contributed by atoms with van der Waals surface area (Å²) in [5.41, 5.74) is 0.684. The molecule has 0 fully saturated rings. The van der Waals surface area contributed by atoms with Crippen LogP contribution in [0.2, 0.25) is 0 Å². The highest BCUT2D eigenvalue weighted by Gasteiger charge is 2.05. The summed E-state index contributed by atoms with van der Waals surface area (Å²) in [5, 5.41) is 6.69. The standard InChI is InChI=1S/C18H18N4O3/c1-2-24-15-7-9-17(10-8-15)25-16-5-3-14(4-6-16)21-18(23)11-22-13-19-12-20-22/h3-10,12-13H,2,11H2,1H3,(H,21,23). The van der Waals surface area contributed by atoms with Crippen molar-refractivity contribution in [1.82, 2.24) is 14.8 Å². The van der Waals surface area contributed by atoms with E-state index < -0.39 is 0 Å². The zero-order chi connectivity index (χ0) is 17.5. The van der Waals surface area contributed by atoms with Crippen LogP contribution in [0.25, 0.3) is 0 Å². The lowest BCUT2D eigenvalue weighted by Gasteiger charge is -2.09. The third-order valence-corrected chi connectivity index (χ3v) is 3.28. The molecule has 3 aromatic rings. The average Bonchev–Trinajstić information content (AvgIpc) is 3.11. The number of benzene rings is 2. The van der Waals surface area contributed by atoms with Crippen molar-refractivity contribution in [1.29, 1.82) is 0 Å². The van der Waals surface area contributed by atoms with Crippen LogP contribution in [0.1, 0.15) is 6.92 Å². The van der Waals surface area contributed by atoms with E-state index in [0.717, 1.165) is 5.75 Å². The highest BCUT2D eigenvalue weighted by Crippen LogP contribution is 2.25. The molecule has 25 heavy (non-hydrogen) atoms. The molecule has 0 unspecified atom stereocenters. The summed E-state index contributed by atoms with van der Waals surface area (Å²) in [6, 6.07) is 14.6. The van der Waals surface area contributed by atoms with Crippen LogP contribution in [0.4, 0.5) is 5.69 Å². The second-order valence-corrected chi connectivity index (χ2v) is 5.17. The van der Waals surface area contributed by atoms with Gasteiger partial charge in [-0.05, 0) is 55.5 Å². The number of amides is 1. The maximum Gasteiger partial charge on any atom is 0.246 e. The van der Waals surface area contributed by atoms with Crippen LogP contribution in [0.15, 0.2) is 61.2 Å². The van der Waals surface area contributed by atoms with Gasteiger partial charge in [0.05, 0.1) is 6.61 Å². The number of anilines is 1. The zero-order valence-electron chi connectivity index (χ0n) is 13.8. The quantitative estimate of drug-likeness (QED) is 0.716. The molecule has 0 saturated carbocycles. The molecule has 0 spiro atoms. The fourth-order valence-corrected chi connectivity index (χ4v) is 2.17. The topological polar surface area (TPSA) is 78.3 Å². The molecule has 3 rings (SSSR count). The Kier molecular flexibility index (Phi) is 5.26. The molecule has 7 heteroatoms. The maximum absolute atomic E-state index is 11.9. The number of nitrogens with zero attached hydrogens (tertiary/aromatic N) is 3. The number of nitrogens with one attached hydrogen (secondary N) is 1. The molecule has 0 aliphatic carbocycles. The van der Waals surface area contributed by atoms with Crippen LogP contribution < -0.4 is 14.8 Å². The van der Waals surface area contributed by atoms with Gasteiger partial charge in [0.2, 0.25) is 5.91 Å². The molecular formula is C18H18N4O3. The van der Waals surface area contributed by atoms with Crippen molar-refractivity contribution < 1.29 is 14.3 Å². The SMILES string of the molecule is CCOc1ccc(Oc2ccc(NC(=O)Cn3cncn3)cc2)cc1. The van der Waals surface area contributed by atoms with Crippen LogP contribution in [0, 0.1) is 0 Å². The van der Waals surface area contributed by atoms with Crippen LogP contribution >= 0.6 is 0 Å². The Labute approximate surface area is 145 Å². The molecule has 128 valence electrons. The molecule has 7 nitrogen and oxygen atoms in total. The highest BCUT2D eigenvalue weighted by atomic mass is 16.5. The van der Waals surface area contributed by atoms with E-state index in [2.05, 4.69) is 15.4 Å². The van der Waals surface area contributed by atoms with E-state index >= 15 is 0 Å². The molecule has 0 bridgehead atoms. The van der Waals surface area contributed by atoms with E-state index in [1.165, 1.54) is 17.3 Å². The molecule has 0 atom stereocenters. The molecule has 0 aliphatic rings. The Hall–Kier alpha value is -3.35. The lowest BCUT2D eigenvalue weighted by Crippen LogP contribution is -2.18. The van der Waals surface area contributed by atoms with Crippen LogP contribution in [0.5, 0.6) is 17.2 Å². The molecule has 1 N–H and O–H groups in total. The lowest BCUT2D eigenvalue weighted by atomic mass is 10.3. The van der Waals surface area contributed by atoms with E-state index in [0.29, 0.717) is 23.8 Å². The van der Waals surface area contributed by atoms with E-state index in [-0.39, 0.29) is 12.5 Å². The Morgan fingerprint density at radius 1 is 1.04 bits per heavy atom. The lowest BCUT2D eigenvalue weighted by molar-refractivity contribution is -0.116. The first kappa shape index (κ1) is 16.5. The van der Waals surface area contributed by atoms with Crippen LogP contribution in [-0.2, 0) is 11.3 Å². The first-order valence-corrected chi connectivity index (χ1v) is 7.86. The van der Waals surface area contributed by atoms with Gasteiger partial charge in [0, 0.05) is 5.69 Å². The predicted molar refractivity (Wildman–Crippen MR) is 92.8 cm³/mol. The summed E-state index contributed by atoms with van der Waals surface area (Å²) in [6.45, 7) is 2.69. The first-order valence-electron chi connectivity index (χ1n) is 7.86. The van der Waals surface area contributed by atoms with Gasteiger partial charge in [0.1, 0.15) is 36.4 Å². The van der Waals surface area contributed by atoms with Gasteiger partial charge in [0.15, 0.2) is 0 Å². The number of rotatable bonds is 7. The number of ether oxygens (including phenoxy) is 2. The van der Waals surface area contributed by atoms with E-state index in [1.54, 1.807) is 24.3 Å². The fraction of sp³-hybridized carbons (Fsp3) is 0.167. The van der Waals surface area contributed by atoms with E-state index in [9.17, 15) is 4.79 Å². The predicted octanol–water partition coefficient (Wildman–Crippen LogP) is 3.11. The smallest absolute Gasteiger partial charge is 0.246 e. The van der Waals surface area contributed by atoms with Gasteiger partial charge in [-0.3, -0.25) is 4.79 Å². The second kappa shape index (κ2) is 7.96. The molecular weight excluding hydrogens is 320 g/mol. The third-order valence-electron chi connectivity index (χ3n) is 3.28. The fourth-order valence-electron chi connectivity index (χ4n) is 2.17. The van der Waals surface area contributed by atoms with Gasteiger partial charge in [-0.1, -0.05) is 0 Å². The number of hydrogen-bond acceptors (Lipinski definition) is 5. The Bertz CT molecular complexity index is 799. The normalized spacial score (nSPS) is 10.3. The van der Waals surface area contributed by atoms with Crippen molar-refractivity contribution in [2.24, 2.45) is 0 Å². The molecule has 1 aromatic heterocycles. The highest BCUT2D eigenvalue weighted by molar-refractivity contribution is 5.90. The second-order valence-electron chi connectivity index (χ2n) is 5.17. The molecule has 0 aliphatic heterocycles. The minimum atomic E-state index is -0.175. The number of aromatic nitrogens is 3. The van der Waals surface area contributed by atoms with Crippen LogP contribution in [0.3, 0.4) is 0 Å². The summed E-state index contributed by atoms with van der Waals surface area (Å²) >= 11 is 0. The molecule has 1 amide bonds. The Morgan fingerprint density at radius 3 is 2.28 bits per heavy atom. The molecule has 0 saturated heterocycles. The number of carbonyl (C=O) groups is 1. The van der Waals surface area contributed by atoms with Gasteiger partial charge in [-0.2, -0.15) is 5.10 Å². The van der Waals surface area contributed by atoms with Gasteiger partial charge in [-0.15, -0.1) is 0 Å². The Balaban J connectivity index is 1.55. The summed E-state index contributed by atoms with van der Waals surface area (Å²) in [7, 11) is 0. The minimum absolute atomic E-state index is 0.116. The Morgan fingerprint density at radius 2 is 1.68 bits per heavy atom. The van der Waals surface area contributed by atoms with Gasteiger partial charge >= 0.3 is 0 Å². The molecule has 2 aromatic carbocycles. The first-order chi connectivity index (χ1) is 12.2. The van der Waals surface area contributed by atoms with E-state index in [4.69, 9.17) is 9.47 Å².